The molecule has 134 valence electrons. The number of hydrogen-bond donors (Lipinski definition) is 1. The molecule has 25 heavy (non-hydrogen) atoms. The van der Waals surface area contributed by atoms with E-state index in [1.807, 2.05) is 6.92 Å². The molecule has 1 N–H and O–H groups in total. The van der Waals surface area contributed by atoms with Crippen molar-refractivity contribution in [3.05, 3.63) is 41.0 Å². The number of anilines is 1. The number of methoxy groups -OCH3 is 1. The van der Waals surface area contributed by atoms with Crippen LogP contribution in [0.4, 0.5) is 5.69 Å². The molecule has 0 atom stereocenters. The van der Waals surface area contributed by atoms with Crippen LogP contribution in [-0.4, -0.2) is 28.7 Å². The van der Waals surface area contributed by atoms with E-state index < -0.39 is 10.0 Å². The van der Waals surface area contributed by atoms with Crippen LogP contribution in [0.15, 0.2) is 29.2 Å². The summed E-state index contributed by atoms with van der Waals surface area (Å²) in [5.41, 5.74) is 2.53. The molecular formula is C18H21NO5S. The van der Waals surface area contributed by atoms with Crippen molar-refractivity contribution in [3.63, 3.8) is 0 Å². The first-order valence-corrected chi connectivity index (χ1v) is 9.39. The Bertz CT molecular complexity index is 922. The minimum absolute atomic E-state index is 0.265. The predicted octanol–water partition coefficient (Wildman–Crippen LogP) is 3.19. The third kappa shape index (κ3) is 3.24. The molecule has 1 aliphatic rings. The summed E-state index contributed by atoms with van der Waals surface area (Å²) >= 11 is 0. The highest BCUT2D eigenvalue weighted by Crippen LogP contribution is 2.35. The van der Waals surface area contributed by atoms with Crippen molar-refractivity contribution < 1.29 is 22.6 Å². The van der Waals surface area contributed by atoms with Crippen LogP contribution in [0.5, 0.6) is 17.2 Å². The van der Waals surface area contributed by atoms with Crippen molar-refractivity contribution >= 4 is 15.7 Å². The molecule has 0 amide bonds. The first kappa shape index (κ1) is 17.4. The second kappa shape index (κ2) is 6.48. The lowest BCUT2D eigenvalue weighted by Gasteiger charge is -2.20. The fourth-order valence-electron chi connectivity index (χ4n) is 2.96. The zero-order chi connectivity index (χ0) is 18.2. The number of hydrogen-bond acceptors (Lipinski definition) is 5. The summed E-state index contributed by atoms with van der Waals surface area (Å²) in [7, 11) is -2.18. The summed E-state index contributed by atoms with van der Waals surface area (Å²) in [6.07, 6.45) is 0. The zero-order valence-corrected chi connectivity index (χ0v) is 15.5. The first-order valence-electron chi connectivity index (χ1n) is 7.90. The van der Waals surface area contributed by atoms with Crippen LogP contribution in [0.1, 0.15) is 16.7 Å². The average molecular weight is 363 g/mol. The van der Waals surface area contributed by atoms with Crippen LogP contribution in [0, 0.1) is 20.8 Å². The van der Waals surface area contributed by atoms with Crippen molar-refractivity contribution in [2.45, 2.75) is 25.7 Å². The molecule has 1 aliphatic heterocycles. The quantitative estimate of drug-likeness (QED) is 0.903. The molecule has 0 saturated heterocycles. The molecule has 6 nitrogen and oxygen atoms in total. The van der Waals surface area contributed by atoms with Crippen molar-refractivity contribution in [1.29, 1.82) is 0 Å². The number of rotatable bonds is 4. The van der Waals surface area contributed by atoms with E-state index in [-0.39, 0.29) is 4.90 Å². The molecule has 0 aromatic heterocycles. The van der Waals surface area contributed by atoms with Crippen LogP contribution in [0.25, 0.3) is 0 Å². The summed E-state index contributed by atoms with van der Waals surface area (Å²) in [5.74, 6) is 1.82. The molecule has 2 aromatic carbocycles. The van der Waals surface area contributed by atoms with E-state index in [1.54, 1.807) is 45.2 Å². The molecule has 0 fully saturated rings. The summed E-state index contributed by atoms with van der Waals surface area (Å²) < 4.78 is 44.8. The number of nitrogens with one attached hydrogen (secondary N) is 1. The van der Waals surface area contributed by atoms with Gasteiger partial charge in [-0.2, -0.15) is 0 Å². The largest absolute Gasteiger partial charge is 0.496 e. The SMILES string of the molecule is COc1cc(C)c(S(=O)(=O)Nc2ccc3c(c2)OCCO3)c(C)c1C. The molecule has 1 heterocycles. The van der Waals surface area contributed by atoms with Gasteiger partial charge in [-0.1, -0.05) is 0 Å². The van der Waals surface area contributed by atoms with Crippen LogP contribution in [0.3, 0.4) is 0 Å². The van der Waals surface area contributed by atoms with Gasteiger partial charge in [0.1, 0.15) is 19.0 Å². The van der Waals surface area contributed by atoms with Gasteiger partial charge < -0.3 is 14.2 Å². The lowest BCUT2D eigenvalue weighted by molar-refractivity contribution is 0.171. The van der Waals surface area contributed by atoms with Gasteiger partial charge >= 0.3 is 0 Å². The van der Waals surface area contributed by atoms with Crippen LogP contribution in [-0.2, 0) is 10.0 Å². The molecule has 0 saturated carbocycles. The summed E-state index contributed by atoms with van der Waals surface area (Å²) in [6.45, 7) is 6.31. The summed E-state index contributed by atoms with van der Waals surface area (Å²) in [5, 5.41) is 0. The minimum atomic E-state index is -3.75. The smallest absolute Gasteiger partial charge is 0.262 e. The predicted molar refractivity (Wildman–Crippen MR) is 95.4 cm³/mol. The molecule has 0 aliphatic carbocycles. The van der Waals surface area contributed by atoms with Crippen molar-refractivity contribution in [2.24, 2.45) is 0 Å². The van der Waals surface area contributed by atoms with Gasteiger partial charge in [0, 0.05) is 6.07 Å². The minimum Gasteiger partial charge on any atom is -0.496 e. The maximum Gasteiger partial charge on any atom is 0.262 e. The maximum atomic E-state index is 12.9. The molecule has 2 aromatic rings. The highest BCUT2D eigenvalue weighted by Gasteiger charge is 2.23. The van der Waals surface area contributed by atoms with Gasteiger partial charge in [-0.15, -0.1) is 0 Å². The Kier molecular flexibility index (Phi) is 4.51. The summed E-state index contributed by atoms with van der Waals surface area (Å²) in [4.78, 5) is 0.265. The Morgan fingerprint density at radius 2 is 1.68 bits per heavy atom. The second-order valence-corrected chi connectivity index (χ2v) is 7.56. The Morgan fingerprint density at radius 3 is 2.36 bits per heavy atom. The number of ether oxygens (including phenoxy) is 3. The third-order valence-electron chi connectivity index (χ3n) is 4.26. The highest BCUT2D eigenvalue weighted by atomic mass is 32.2. The van der Waals surface area contributed by atoms with Crippen LogP contribution < -0.4 is 18.9 Å². The normalized spacial score (nSPS) is 13.4. The molecule has 7 heteroatoms. The van der Waals surface area contributed by atoms with E-state index in [4.69, 9.17) is 14.2 Å². The maximum absolute atomic E-state index is 12.9. The Morgan fingerprint density at radius 1 is 1.00 bits per heavy atom. The number of aryl methyl sites for hydroxylation is 1. The van der Waals surface area contributed by atoms with Gasteiger partial charge in [0.25, 0.3) is 10.0 Å². The van der Waals surface area contributed by atoms with E-state index in [0.717, 1.165) is 5.56 Å². The molecule has 0 unspecified atom stereocenters. The number of benzene rings is 2. The monoisotopic (exact) mass is 363 g/mol. The Balaban J connectivity index is 1.99. The fraction of sp³-hybridized carbons (Fsp3) is 0.333. The van der Waals surface area contributed by atoms with E-state index in [9.17, 15) is 8.42 Å². The van der Waals surface area contributed by atoms with Gasteiger partial charge in [-0.05, 0) is 55.7 Å². The fourth-order valence-corrected chi connectivity index (χ4v) is 4.54. The van der Waals surface area contributed by atoms with Crippen molar-refractivity contribution in [1.82, 2.24) is 0 Å². The Hall–Kier alpha value is -2.41. The molecule has 0 radical (unpaired) electrons. The lowest BCUT2D eigenvalue weighted by Crippen LogP contribution is -2.18. The van der Waals surface area contributed by atoms with E-state index in [0.29, 0.717) is 47.3 Å². The van der Waals surface area contributed by atoms with Gasteiger partial charge in [0.15, 0.2) is 11.5 Å². The lowest BCUT2D eigenvalue weighted by atomic mass is 10.1. The zero-order valence-electron chi connectivity index (χ0n) is 14.7. The van der Waals surface area contributed by atoms with E-state index in [2.05, 4.69) is 4.72 Å². The van der Waals surface area contributed by atoms with Gasteiger partial charge in [0.05, 0.1) is 17.7 Å². The molecule has 0 bridgehead atoms. The van der Waals surface area contributed by atoms with Crippen molar-refractivity contribution in [2.75, 3.05) is 25.0 Å². The number of sulfonamides is 1. The first-order chi connectivity index (χ1) is 11.8. The topological polar surface area (TPSA) is 73.9 Å². The highest BCUT2D eigenvalue weighted by molar-refractivity contribution is 7.92. The average Bonchev–Trinajstić information content (AvgIpc) is 2.57. The van der Waals surface area contributed by atoms with E-state index in [1.165, 1.54) is 0 Å². The summed E-state index contributed by atoms with van der Waals surface area (Å²) in [6, 6.07) is 6.73. The van der Waals surface area contributed by atoms with Gasteiger partial charge in [-0.25, -0.2) is 8.42 Å². The van der Waals surface area contributed by atoms with Gasteiger partial charge in [0.2, 0.25) is 0 Å². The third-order valence-corrected chi connectivity index (χ3v) is 5.93. The van der Waals surface area contributed by atoms with Crippen LogP contribution in [0.2, 0.25) is 0 Å². The molecule has 0 spiro atoms. The number of fused-ring (bicyclic) bond motifs is 1. The Labute approximate surface area is 147 Å². The van der Waals surface area contributed by atoms with Crippen molar-refractivity contribution in [3.8, 4) is 17.2 Å². The molecular weight excluding hydrogens is 342 g/mol. The van der Waals surface area contributed by atoms with E-state index >= 15 is 0 Å². The van der Waals surface area contributed by atoms with Gasteiger partial charge in [-0.3, -0.25) is 4.72 Å². The standard InChI is InChI=1S/C18H21NO5S/c1-11-9-16(22-4)12(2)13(3)18(11)25(20,21)19-14-5-6-15-17(10-14)24-8-7-23-15/h5-6,9-10,19H,7-8H2,1-4H3. The molecule has 3 rings (SSSR count). The van der Waals surface area contributed by atoms with Crippen LogP contribution >= 0.6 is 0 Å². The second-order valence-electron chi connectivity index (χ2n) is 5.94.